The molecule has 0 bridgehead atoms. The highest BCUT2D eigenvalue weighted by Crippen LogP contribution is 2.24. The Kier molecular flexibility index (Phi) is 6.00. The van der Waals surface area contributed by atoms with Gasteiger partial charge in [0.15, 0.2) is 5.78 Å². The molecule has 1 saturated heterocycles. The van der Waals surface area contributed by atoms with Crippen molar-refractivity contribution in [1.29, 1.82) is 0 Å². The third kappa shape index (κ3) is 4.03. The maximum absolute atomic E-state index is 12.9. The molecule has 8 heteroatoms. The van der Waals surface area contributed by atoms with Gasteiger partial charge in [0.2, 0.25) is 10.0 Å². The highest BCUT2D eigenvalue weighted by molar-refractivity contribution is 7.89. The van der Waals surface area contributed by atoms with Crippen molar-refractivity contribution in [2.75, 3.05) is 32.7 Å². The minimum atomic E-state index is -3.58. The van der Waals surface area contributed by atoms with Gasteiger partial charge in [0.05, 0.1) is 11.4 Å². The molecule has 1 aromatic carbocycles. The van der Waals surface area contributed by atoms with Crippen LogP contribution in [0, 0.1) is 20.8 Å². The minimum Gasteiger partial charge on any atom is -0.351 e. The molecule has 0 unspecified atom stereocenters. The zero-order valence-corrected chi connectivity index (χ0v) is 18.3. The number of hydrogen-bond acceptors (Lipinski definition) is 4. The highest BCUT2D eigenvalue weighted by Gasteiger charge is 2.29. The molecule has 6 nitrogen and oxygen atoms in total. The van der Waals surface area contributed by atoms with Gasteiger partial charge in [-0.1, -0.05) is 17.7 Å². The fraction of sp³-hybridized carbons (Fsp3) is 0.450. The van der Waals surface area contributed by atoms with Crippen LogP contribution in [0.25, 0.3) is 0 Å². The lowest BCUT2D eigenvalue weighted by Gasteiger charge is -2.33. The molecule has 0 N–H and O–H groups in total. The van der Waals surface area contributed by atoms with Gasteiger partial charge in [0.25, 0.3) is 0 Å². The van der Waals surface area contributed by atoms with E-state index in [-0.39, 0.29) is 10.7 Å². The van der Waals surface area contributed by atoms with E-state index in [1.165, 1.54) is 10.4 Å². The Balaban J connectivity index is 1.64. The molecule has 0 amide bonds. The Morgan fingerprint density at radius 2 is 1.71 bits per heavy atom. The van der Waals surface area contributed by atoms with Crippen molar-refractivity contribution in [1.82, 2.24) is 13.8 Å². The summed E-state index contributed by atoms with van der Waals surface area (Å²) in [6, 6.07) is 6.73. The SMILES string of the molecule is Cc1ccc(S(=O)(=O)N2CCN(CC(=O)c3cc(C)n(C)c3C)CC2)cc1Cl. The van der Waals surface area contributed by atoms with Gasteiger partial charge in [-0.2, -0.15) is 4.31 Å². The van der Waals surface area contributed by atoms with E-state index in [0.29, 0.717) is 37.7 Å². The van der Waals surface area contributed by atoms with Crippen LogP contribution in [0.15, 0.2) is 29.2 Å². The zero-order chi connectivity index (χ0) is 20.6. The predicted molar refractivity (Wildman–Crippen MR) is 111 cm³/mol. The first kappa shape index (κ1) is 21.0. The fourth-order valence-electron chi connectivity index (χ4n) is 3.44. The number of nitrogens with zero attached hydrogens (tertiary/aromatic N) is 3. The first-order valence-electron chi connectivity index (χ1n) is 9.26. The van der Waals surface area contributed by atoms with Crippen LogP contribution in [-0.2, 0) is 17.1 Å². The van der Waals surface area contributed by atoms with Crippen LogP contribution in [0.1, 0.15) is 27.3 Å². The van der Waals surface area contributed by atoms with Crippen LogP contribution in [0.5, 0.6) is 0 Å². The first-order chi connectivity index (χ1) is 13.1. The molecule has 1 aliphatic heterocycles. The van der Waals surface area contributed by atoms with Gasteiger partial charge in [-0.3, -0.25) is 9.69 Å². The summed E-state index contributed by atoms with van der Waals surface area (Å²) in [5.74, 6) is 0.0721. The second-order valence-electron chi connectivity index (χ2n) is 7.36. The fourth-order valence-corrected chi connectivity index (χ4v) is 5.13. The average Bonchev–Trinajstić information content (AvgIpc) is 2.92. The molecule has 0 saturated carbocycles. The van der Waals surface area contributed by atoms with Crippen molar-refractivity contribution in [2.24, 2.45) is 7.05 Å². The topological polar surface area (TPSA) is 62.6 Å². The summed E-state index contributed by atoms with van der Waals surface area (Å²) in [6.07, 6.45) is 0. The lowest BCUT2D eigenvalue weighted by Crippen LogP contribution is -2.49. The van der Waals surface area contributed by atoms with Gasteiger partial charge >= 0.3 is 0 Å². The third-order valence-electron chi connectivity index (χ3n) is 5.56. The average molecular weight is 424 g/mol. The van der Waals surface area contributed by atoms with E-state index >= 15 is 0 Å². The first-order valence-corrected chi connectivity index (χ1v) is 11.1. The number of carbonyl (C=O) groups is 1. The van der Waals surface area contributed by atoms with Gasteiger partial charge in [0.1, 0.15) is 0 Å². The van der Waals surface area contributed by atoms with E-state index < -0.39 is 10.0 Å². The zero-order valence-electron chi connectivity index (χ0n) is 16.7. The largest absolute Gasteiger partial charge is 0.351 e. The molecule has 0 spiro atoms. The Hall–Kier alpha value is -1.67. The van der Waals surface area contributed by atoms with E-state index in [2.05, 4.69) is 0 Å². The maximum Gasteiger partial charge on any atom is 0.243 e. The molecule has 28 heavy (non-hydrogen) atoms. The molecule has 0 radical (unpaired) electrons. The van der Waals surface area contributed by atoms with E-state index in [1.807, 2.05) is 43.4 Å². The summed E-state index contributed by atoms with van der Waals surface area (Å²) in [6.45, 7) is 7.81. The van der Waals surface area contributed by atoms with Gasteiger partial charge in [-0.25, -0.2) is 8.42 Å². The number of piperazine rings is 1. The van der Waals surface area contributed by atoms with Crippen LogP contribution in [-0.4, -0.2) is 60.7 Å². The summed E-state index contributed by atoms with van der Waals surface area (Å²) in [5, 5.41) is 0.443. The van der Waals surface area contributed by atoms with Crippen LogP contribution < -0.4 is 0 Å². The summed E-state index contributed by atoms with van der Waals surface area (Å²) >= 11 is 6.09. The predicted octanol–water partition coefficient (Wildman–Crippen LogP) is 2.79. The van der Waals surface area contributed by atoms with E-state index in [1.54, 1.807) is 12.1 Å². The number of halogens is 1. The van der Waals surface area contributed by atoms with Gasteiger partial charge < -0.3 is 4.57 Å². The van der Waals surface area contributed by atoms with Crippen molar-refractivity contribution < 1.29 is 13.2 Å². The number of rotatable bonds is 5. The molecule has 3 rings (SSSR count). The van der Waals surface area contributed by atoms with Crippen molar-refractivity contribution in [3.8, 4) is 0 Å². The number of carbonyl (C=O) groups excluding carboxylic acids is 1. The molecule has 2 heterocycles. The van der Waals surface area contributed by atoms with Crippen molar-refractivity contribution in [3.63, 3.8) is 0 Å². The second kappa shape index (κ2) is 7.99. The van der Waals surface area contributed by atoms with Crippen LogP contribution in [0.2, 0.25) is 5.02 Å². The van der Waals surface area contributed by atoms with E-state index in [4.69, 9.17) is 11.6 Å². The Morgan fingerprint density at radius 3 is 2.25 bits per heavy atom. The quantitative estimate of drug-likeness (QED) is 0.694. The Bertz CT molecular complexity index is 1010. The minimum absolute atomic E-state index is 0.0721. The number of ketones is 1. The molecule has 0 atom stereocenters. The standard InChI is InChI=1S/C20H26ClN3O3S/c1-14-5-6-17(12-19(14)21)28(26,27)24-9-7-23(8-10-24)13-20(25)18-11-15(2)22(4)16(18)3/h5-6,11-12H,7-10,13H2,1-4H3. The highest BCUT2D eigenvalue weighted by atomic mass is 35.5. The number of Topliss-reactive ketones (excluding diaryl/α,β-unsaturated/α-hetero) is 1. The normalized spacial score (nSPS) is 16.5. The molecule has 2 aromatic rings. The summed E-state index contributed by atoms with van der Waals surface area (Å²) < 4.78 is 29.2. The molecule has 0 aliphatic carbocycles. The van der Waals surface area contributed by atoms with E-state index in [0.717, 1.165) is 22.5 Å². The van der Waals surface area contributed by atoms with Crippen molar-refractivity contribution in [2.45, 2.75) is 25.7 Å². The lowest BCUT2D eigenvalue weighted by atomic mass is 10.1. The number of benzene rings is 1. The smallest absolute Gasteiger partial charge is 0.243 e. The van der Waals surface area contributed by atoms with Gasteiger partial charge in [0, 0.05) is 55.2 Å². The molecular formula is C20H26ClN3O3S. The lowest BCUT2D eigenvalue weighted by molar-refractivity contribution is 0.0901. The maximum atomic E-state index is 12.9. The van der Waals surface area contributed by atoms with Crippen molar-refractivity contribution >= 4 is 27.4 Å². The number of hydrogen-bond donors (Lipinski definition) is 0. The van der Waals surface area contributed by atoms with Gasteiger partial charge in [-0.15, -0.1) is 0 Å². The van der Waals surface area contributed by atoms with E-state index in [9.17, 15) is 13.2 Å². The summed E-state index contributed by atoms with van der Waals surface area (Å²) in [4.78, 5) is 14.9. The summed E-state index contributed by atoms with van der Waals surface area (Å²) in [7, 11) is -1.63. The number of aromatic nitrogens is 1. The molecule has 1 aliphatic rings. The molecular weight excluding hydrogens is 398 g/mol. The second-order valence-corrected chi connectivity index (χ2v) is 9.70. The summed E-state index contributed by atoms with van der Waals surface area (Å²) in [5.41, 5.74) is 3.59. The molecule has 1 aromatic heterocycles. The van der Waals surface area contributed by atoms with Gasteiger partial charge in [-0.05, 0) is 44.5 Å². The third-order valence-corrected chi connectivity index (χ3v) is 7.86. The monoisotopic (exact) mass is 423 g/mol. The van der Waals surface area contributed by atoms with Crippen molar-refractivity contribution in [3.05, 3.63) is 51.8 Å². The van der Waals surface area contributed by atoms with Crippen LogP contribution in [0.3, 0.4) is 0 Å². The Morgan fingerprint density at radius 1 is 1.07 bits per heavy atom. The molecule has 1 fully saturated rings. The Labute approximate surface area is 171 Å². The van der Waals surface area contributed by atoms with Crippen LogP contribution in [0.4, 0.5) is 0 Å². The molecule has 152 valence electrons. The number of sulfonamides is 1. The number of aryl methyl sites for hydroxylation is 2. The van der Waals surface area contributed by atoms with Crippen LogP contribution >= 0.6 is 11.6 Å².